The number of amides is 1. The van der Waals surface area contributed by atoms with E-state index < -0.39 is 26.7 Å². The Hall–Kier alpha value is -2.28. The van der Waals surface area contributed by atoms with Gasteiger partial charge in [0.2, 0.25) is 5.91 Å². The van der Waals surface area contributed by atoms with Gasteiger partial charge in [-0.15, -0.1) is 0 Å². The highest BCUT2D eigenvalue weighted by molar-refractivity contribution is 7.91. The molecule has 0 radical (unpaired) electrons. The van der Waals surface area contributed by atoms with Crippen LogP contribution in [0.4, 0.5) is 8.78 Å². The van der Waals surface area contributed by atoms with Crippen LogP contribution in [0.5, 0.6) is 0 Å². The molecule has 0 N–H and O–H groups in total. The lowest BCUT2D eigenvalue weighted by Gasteiger charge is -2.20. The molecule has 1 atom stereocenters. The number of hydrogen-bond donors (Lipinski definition) is 0. The van der Waals surface area contributed by atoms with Gasteiger partial charge in [0.15, 0.2) is 9.84 Å². The number of benzene rings is 2. The zero-order chi connectivity index (χ0) is 18.7. The highest BCUT2D eigenvalue weighted by Gasteiger charge is 2.34. The van der Waals surface area contributed by atoms with Crippen LogP contribution in [0.2, 0.25) is 0 Å². The summed E-state index contributed by atoms with van der Waals surface area (Å²) in [7, 11) is -3.59. The molecule has 0 bridgehead atoms. The van der Waals surface area contributed by atoms with Crippen molar-refractivity contribution in [1.82, 2.24) is 4.90 Å². The molecule has 0 saturated carbocycles. The predicted octanol–water partition coefficient (Wildman–Crippen LogP) is 2.90. The fourth-order valence-corrected chi connectivity index (χ4v) is 5.00. The lowest BCUT2D eigenvalue weighted by molar-refractivity contribution is -0.130. The highest BCUT2D eigenvalue weighted by atomic mass is 32.2. The van der Waals surface area contributed by atoms with Gasteiger partial charge in [-0.2, -0.15) is 0 Å². The Morgan fingerprint density at radius 1 is 1.00 bits per heavy atom. The number of rotatable bonds is 3. The highest BCUT2D eigenvalue weighted by Crippen LogP contribution is 2.31. The van der Waals surface area contributed by atoms with E-state index in [-0.39, 0.29) is 48.7 Å². The van der Waals surface area contributed by atoms with Crippen molar-refractivity contribution in [2.45, 2.75) is 18.1 Å². The topological polar surface area (TPSA) is 54.5 Å². The molecule has 1 fully saturated rings. The standard InChI is InChI=1S/C19H19F2NO3S/c20-16-7-3-1-5-14(16)13-19(23)22-10-9-18(26(24,25)12-11-22)15-6-2-4-8-17(15)21/h1-8,18H,9-13H2. The average Bonchev–Trinajstić information content (AvgIpc) is 2.76. The van der Waals surface area contributed by atoms with Crippen molar-refractivity contribution in [1.29, 1.82) is 0 Å². The van der Waals surface area contributed by atoms with Gasteiger partial charge in [0.05, 0.1) is 17.4 Å². The molecule has 2 aromatic rings. The Morgan fingerprint density at radius 2 is 1.65 bits per heavy atom. The summed E-state index contributed by atoms with van der Waals surface area (Å²) in [5, 5.41) is -0.977. The van der Waals surface area contributed by atoms with Gasteiger partial charge in [0.25, 0.3) is 0 Å². The van der Waals surface area contributed by atoms with E-state index in [1.54, 1.807) is 18.2 Å². The Labute approximate surface area is 151 Å². The van der Waals surface area contributed by atoms with E-state index in [2.05, 4.69) is 0 Å². The first-order valence-corrected chi connectivity index (χ1v) is 10.1. The number of hydrogen-bond acceptors (Lipinski definition) is 3. The Bertz CT molecular complexity index is 915. The molecule has 0 aromatic heterocycles. The molecule has 1 saturated heterocycles. The van der Waals surface area contributed by atoms with E-state index in [4.69, 9.17) is 0 Å². The Morgan fingerprint density at radius 3 is 2.35 bits per heavy atom. The van der Waals surface area contributed by atoms with Gasteiger partial charge in [0.1, 0.15) is 11.6 Å². The lowest BCUT2D eigenvalue weighted by Crippen LogP contribution is -2.34. The molecule has 3 rings (SSSR count). The summed E-state index contributed by atoms with van der Waals surface area (Å²) in [6.07, 6.45) is -0.0106. The largest absolute Gasteiger partial charge is 0.341 e. The van der Waals surface area contributed by atoms with Crippen LogP contribution in [-0.4, -0.2) is 38.1 Å². The van der Waals surface area contributed by atoms with Gasteiger partial charge >= 0.3 is 0 Å². The second kappa shape index (κ2) is 7.53. The van der Waals surface area contributed by atoms with Gasteiger partial charge in [-0.3, -0.25) is 4.79 Å². The van der Waals surface area contributed by atoms with Crippen LogP contribution in [0.25, 0.3) is 0 Å². The Kier molecular flexibility index (Phi) is 5.36. The summed E-state index contributed by atoms with van der Waals surface area (Å²) in [6.45, 7) is 0.214. The van der Waals surface area contributed by atoms with E-state index >= 15 is 0 Å². The third kappa shape index (κ3) is 3.93. The SMILES string of the molecule is O=C(Cc1ccccc1F)N1CCC(c2ccccc2F)S(=O)(=O)CC1. The van der Waals surface area contributed by atoms with Gasteiger partial charge < -0.3 is 4.90 Å². The summed E-state index contributed by atoms with van der Waals surface area (Å²) in [6, 6.07) is 11.8. The van der Waals surface area contributed by atoms with Crippen molar-refractivity contribution in [3.05, 3.63) is 71.3 Å². The summed E-state index contributed by atoms with van der Waals surface area (Å²) in [5.74, 6) is -1.60. The monoisotopic (exact) mass is 379 g/mol. The van der Waals surface area contributed by atoms with Crippen LogP contribution in [0.15, 0.2) is 48.5 Å². The van der Waals surface area contributed by atoms with Crippen LogP contribution < -0.4 is 0 Å². The first kappa shape index (κ1) is 18.5. The minimum atomic E-state index is -3.59. The minimum absolute atomic E-state index is 0.0283. The number of carbonyl (C=O) groups excluding carboxylic acids is 1. The summed E-state index contributed by atoms with van der Waals surface area (Å²) in [5.41, 5.74) is 0.408. The quantitative estimate of drug-likeness (QED) is 0.824. The number of nitrogens with zero attached hydrogens (tertiary/aromatic N) is 1. The van der Waals surface area contributed by atoms with Gasteiger partial charge in [-0.05, 0) is 24.1 Å². The molecular formula is C19H19F2NO3S. The van der Waals surface area contributed by atoms with Crippen molar-refractivity contribution in [2.24, 2.45) is 0 Å². The molecule has 2 aromatic carbocycles. The van der Waals surface area contributed by atoms with Gasteiger partial charge in [-0.1, -0.05) is 36.4 Å². The van der Waals surface area contributed by atoms with Crippen LogP contribution in [0, 0.1) is 11.6 Å². The van der Waals surface area contributed by atoms with Crippen LogP contribution in [0.3, 0.4) is 0 Å². The molecular weight excluding hydrogens is 360 g/mol. The zero-order valence-electron chi connectivity index (χ0n) is 14.1. The third-order valence-electron chi connectivity index (χ3n) is 4.64. The first-order chi connectivity index (χ1) is 12.4. The van der Waals surface area contributed by atoms with Gasteiger partial charge in [-0.25, -0.2) is 17.2 Å². The molecule has 4 nitrogen and oxygen atoms in total. The third-order valence-corrected chi connectivity index (χ3v) is 6.75. The molecule has 1 aliphatic rings. The summed E-state index contributed by atoms with van der Waals surface area (Å²) < 4.78 is 52.9. The summed E-state index contributed by atoms with van der Waals surface area (Å²) >= 11 is 0. The second-order valence-corrected chi connectivity index (χ2v) is 8.62. The van der Waals surface area contributed by atoms with E-state index in [0.29, 0.717) is 0 Å². The molecule has 0 aliphatic carbocycles. The van der Waals surface area contributed by atoms with E-state index in [0.717, 1.165) is 0 Å². The predicted molar refractivity (Wildman–Crippen MR) is 94.2 cm³/mol. The maximum absolute atomic E-state index is 14.1. The first-order valence-electron chi connectivity index (χ1n) is 8.35. The zero-order valence-corrected chi connectivity index (χ0v) is 14.9. The van der Waals surface area contributed by atoms with E-state index in [1.165, 1.54) is 35.2 Å². The fourth-order valence-electron chi connectivity index (χ4n) is 3.20. The molecule has 1 heterocycles. The number of carbonyl (C=O) groups is 1. The number of halogens is 2. The Balaban J connectivity index is 1.77. The average molecular weight is 379 g/mol. The van der Waals surface area contributed by atoms with E-state index in [1.807, 2.05) is 0 Å². The van der Waals surface area contributed by atoms with Crippen LogP contribution in [0.1, 0.15) is 22.8 Å². The molecule has 7 heteroatoms. The van der Waals surface area contributed by atoms with Crippen molar-refractivity contribution in [3.8, 4) is 0 Å². The molecule has 138 valence electrons. The minimum Gasteiger partial charge on any atom is -0.341 e. The summed E-state index contributed by atoms with van der Waals surface area (Å²) in [4.78, 5) is 13.9. The smallest absolute Gasteiger partial charge is 0.227 e. The molecule has 26 heavy (non-hydrogen) atoms. The maximum Gasteiger partial charge on any atom is 0.227 e. The van der Waals surface area contributed by atoms with Crippen molar-refractivity contribution >= 4 is 15.7 Å². The second-order valence-electron chi connectivity index (χ2n) is 6.31. The fraction of sp³-hybridized carbons (Fsp3) is 0.316. The van der Waals surface area contributed by atoms with Crippen molar-refractivity contribution in [2.75, 3.05) is 18.8 Å². The molecule has 1 amide bonds. The van der Waals surface area contributed by atoms with Crippen LogP contribution >= 0.6 is 0 Å². The lowest BCUT2D eigenvalue weighted by atomic mass is 10.1. The van der Waals surface area contributed by atoms with Crippen molar-refractivity contribution in [3.63, 3.8) is 0 Å². The molecule has 1 aliphatic heterocycles. The van der Waals surface area contributed by atoms with Crippen molar-refractivity contribution < 1.29 is 22.0 Å². The number of sulfone groups is 1. The molecule has 0 spiro atoms. The van der Waals surface area contributed by atoms with Crippen LogP contribution in [-0.2, 0) is 21.1 Å². The van der Waals surface area contributed by atoms with E-state index in [9.17, 15) is 22.0 Å². The normalized spacial score (nSPS) is 19.8. The van der Waals surface area contributed by atoms with Gasteiger partial charge in [0, 0.05) is 18.7 Å². The molecule has 1 unspecified atom stereocenters. The maximum atomic E-state index is 14.1.